The van der Waals surface area contributed by atoms with Crippen molar-refractivity contribution in [3.05, 3.63) is 35.2 Å². The molecule has 0 spiro atoms. The van der Waals surface area contributed by atoms with Gasteiger partial charge in [0.2, 0.25) is 15.8 Å². The summed E-state index contributed by atoms with van der Waals surface area (Å²) in [7, 11) is -3.97. The van der Waals surface area contributed by atoms with Gasteiger partial charge in [-0.05, 0) is 23.4 Å². The molecule has 1 aromatic heterocycles. The molecule has 0 unspecified atom stereocenters. The number of primary sulfonamides is 1. The summed E-state index contributed by atoms with van der Waals surface area (Å²) >= 11 is 5.75. The van der Waals surface area contributed by atoms with Gasteiger partial charge in [-0.15, -0.1) is 10.2 Å². The molecule has 0 saturated heterocycles. The topological polar surface area (TPSA) is 150 Å². The molecule has 0 radical (unpaired) electrons. The number of anilines is 1. The Bertz CT molecular complexity index is 824. The number of halogens is 1. The average molecular weight is 326 g/mol. The highest BCUT2D eigenvalue weighted by molar-refractivity contribution is 7.89. The first-order chi connectivity index (χ1) is 9.91. The number of H-pyrrole nitrogens is 1. The van der Waals surface area contributed by atoms with Crippen LogP contribution in [0.15, 0.2) is 29.3 Å². The van der Waals surface area contributed by atoms with Gasteiger partial charge in [0.25, 0.3) is 0 Å². The third-order valence-corrected chi connectivity index (χ3v) is 3.51. The van der Waals surface area contributed by atoms with Crippen LogP contribution >= 0.6 is 11.6 Å². The maximum Gasteiger partial charge on any atom is 0.240 e. The van der Waals surface area contributed by atoms with Gasteiger partial charge in [-0.25, -0.2) is 13.6 Å². The fourth-order valence-electron chi connectivity index (χ4n) is 1.42. The second-order valence-corrected chi connectivity index (χ2v) is 5.70. The summed E-state index contributed by atoms with van der Waals surface area (Å²) in [6.07, 6.45) is 1.24. The lowest BCUT2D eigenvalue weighted by Crippen LogP contribution is -2.14. The van der Waals surface area contributed by atoms with Crippen LogP contribution in [0, 0.1) is 11.3 Å². The molecule has 21 heavy (non-hydrogen) atoms. The maximum atomic E-state index is 11.5. The summed E-state index contributed by atoms with van der Waals surface area (Å²) in [5.41, 5.74) is 0.220. The molecule has 108 valence electrons. The number of hydrogen-bond donors (Lipinski definition) is 3. The van der Waals surface area contributed by atoms with E-state index in [4.69, 9.17) is 22.0 Å². The lowest BCUT2D eigenvalue weighted by Gasteiger charge is -2.08. The number of aromatic nitrogens is 4. The van der Waals surface area contributed by atoms with Crippen LogP contribution in [0.1, 0.15) is 5.82 Å². The van der Waals surface area contributed by atoms with Gasteiger partial charge >= 0.3 is 0 Å². The van der Waals surface area contributed by atoms with Crippen LogP contribution in [0.4, 0.5) is 5.69 Å². The van der Waals surface area contributed by atoms with Crippen LogP contribution in [-0.2, 0) is 10.0 Å². The summed E-state index contributed by atoms with van der Waals surface area (Å²) in [4.78, 5) is -0.198. The second kappa shape index (κ2) is 5.88. The molecule has 1 aromatic carbocycles. The Kier molecular flexibility index (Phi) is 4.18. The highest BCUT2D eigenvalue weighted by atomic mass is 35.5. The third-order valence-electron chi connectivity index (χ3n) is 2.33. The van der Waals surface area contributed by atoms with E-state index < -0.39 is 10.0 Å². The van der Waals surface area contributed by atoms with E-state index in [0.29, 0.717) is 0 Å². The van der Waals surface area contributed by atoms with Crippen molar-refractivity contribution in [1.29, 1.82) is 5.26 Å². The number of hydrogen-bond acceptors (Lipinski definition) is 7. The number of sulfonamides is 1. The Morgan fingerprint density at radius 1 is 1.52 bits per heavy atom. The zero-order valence-electron chi connectivity index (χ0n) is 10.3. The first-order valence-corrected chi connectivity index (χ1v) is 7.27. The standard InChI is InChI=1S/C10H8ClN7O2S/c11-7-1-2-8(9(3-7)21(13,19)20)14-5-6(4-12)10-15-17-18-16-10/h1-3,5,14H,(H2,13,19,20)(H,15,16,17,18). The van der Waals surface area contributed by atoms with Crippen molar-refractivity contribution in [2.75, 3.05) is 5.32 Å². The normalized spacial score (nSPS) is 12.0. The van der Waals surface area contributed by atoms with Gasteiger partial charge in [0.05, 0.1) is 5.69 Å². The van der Waals surface area contributed by atoms with E-state index in [0.717, 1.165) is 0 Å². The van der Waals surface area contributed by atoms with E-state index in [-0.39, 0.29) is 27.0 Å². The number of nitrogens with zero attached hydrogens (tertiary/aromatic N) is 4. The molecule has 2 rings (SSSR count). The van der Waals surface area contributed by atoms with Gasteiger partial charge < -0.3 is 5.32 Å². The number of tetrazole rings is 1. The summed E-state index contributed by atoms with van der Waals surface area (Å²) in [6, 6.07) is 5.95. The van der Waals surface area contributed by atoms with Gasteiger partial charge in [-0.3, -0.25) is 0 Å². The first kappa shape index (κ1) is 14.9. The van der Waals surface area contributed by atoms with Crippen molar-refractivity contribution in [2.45, 2.75) is 4.90 Å². The predicted molar refractivity (Wildman–Crippen MR) is 74.2 cm³/mol. The van der Waals surface area contributed by atoms with Gasteiger partial charge in [-0.1, -0.05) is 11.6 Å². The lowest BCUT2D eigenvalue weighted by molar-refractivity contribution is 0.598. The van der Waals surface area contributed by atoms with Gasteiger partial charge in [0.1, 0.15) is 16.5 Å². The van der Waals surface area contributed by atoms with E-state index >= 15 is 0 Å². The summed E-state index contributed by atoms with van der Waals surface area (Å²) in [5.74, 6) is 0.0659. The molecular weight excluding hydrogens is 318 g/mol. The van der Waals surface area contributed by atoms with Crippen LogP contribution in [0.25, 0.3) is 5.57 Å². The molecular formula is C10H8ClN7O2S. The van der Waals surface area contributed by atoms with E-state index in [1.54, 1.807) is 0 Å². The molecule has 4 N–H and O–H groups in total. The monoisotopic (exact) mass is 325 g/mol. The van der Waals surface area contributed by atoms with Gasteiger partial charge in [0, 0.05) is 11.2 Å². The molecule has 0 bridgehead atoms. The van der Waals surface area contributed by atoms with E-state index in [1.807, 2.05) is 6.07 Å². The Morgan fingerprint density at radius 2 is 2.29 bits per heavy atom. The number of rotatable bonds is 4. The van der Waals surface area contributed by atoms with Crippen molar-refractivity contribution in [3.63, 3.8) is 0 Å². The molecule has 9 nitrogen and oxygen atoms in total. The summed E-state index contributed by atoms with van der Waals surface area (Å²) in [6.45, 7) is 0. The Balaban J connectivity index is 2.39. The highest BCUT2D eigenvalue weighted by Crippen LogP contribution is 2.24. The van der Waals surface area contributed by atoms with Crippen molar-refractivity contribution in [2.24, 2.45) is 5.14 Å². The van der Waals surface area contributed by atoms with Crippen LogP contribution < -0.4 is 10.5 Å². The molecule has 0 amide bonds. The first-order valence-electron chi connectivity index (χ1n) is 5.35. The Morgan fingerprint density at radius 3 is 2.86 bits per heavy atom. The molecule has 1 heterocycles. The van der Waals surface area contributed by atoms with Crippen molar-refractivity contribution >= 4 is 32.9 Å². The van der Waals surface area contributed by atoms with Crippen LogP contribution in [0.3, 0.4) is 0 Å². The molecule has 0 fully saturated rings. The molecule has 2 aromatic rings. The van der Waals surface area contributed by atoms with Crippen LogP contribution in [0.5, 0.6) is 0 Å². The van der Waals surface area contributed by atoms with E-state index in [2.05, 4.69) is 25.9 Å². The largest absolute Gasteiger partial charge is 0.359 e. The zero-order valence-corrected chi connectivity index (χ0v) is 11.9. The molecule has 0 aliphatic rings. The van der Waals surface area contributed by atoms with Crippen molar-refractivity contribution in [1.82, 2.24) is 20.6 Å². The number of nitrogens with one attached hydrogen (secondary N) is 2. The average Bonchev–Trinajstić information content (AvgIpc) is 2.94. The molecule has 11 heteroatoms. The Labute approximate surface area is 124 Å². The zero-order chi connectivity index (χ0) is 15.5. The minimum Gasteiger partial charge on any atom is -0.359 e. The third kappa shape index (κ3) is 3.54. The number of nitrogens with two attached hydrogens (primary N) is 1. The van der Waals surface area contributed by atoms with Gasteiger partial charge in [0.15, 0.2) is 0 Å². The molecule has 0 aliphatic heterocycles. The van der Waals surface area contributed by atoms with Crippen LogP contribution in [0.2, 0.25) is 5.02 Å². The smallest absolute Gasteiger partial charge is 0.240 e. The van der Waals surface area contributed by atoms with Crippen molar-refractivity contribution in [3.8, 4) is 6.07 Å². The highest BCUT2D eigenvalue weighted by Gasteiger charge is 2.14. The minimum absolute atomic E-state index is 0.0547. The molecule has 0 aliphatic carbocycles. The number of nitriles is 1. The number of benzene rings is 1. The quantitative estimate of drug-likeness (QED) is 0.691. The summed E-state index contributed by atoms with van der Waals surface area (Å²) in [5, 5.41) is 29.8. The lowest BCUT2D eigenvalue weighted by atomic mass is 10.3. The Hall–Kier alpha value is -2.48. The van der Waals surface area contributed by atoms with Gasteiger partial charge in [-0.2, -0.15) is 10.5 Å². The molecule has 0 atom stereocenters. The predicted octanol–water partition coefficient (Wildman–Crippen LogP) is 0.477. The maximum absolute atomic E-state index is 11.5. The number of allylic oxidation sites excluding steroid dienone is 1. The number of aromatic amines is 1. The van der Waals surface area contributed by atoms with Crippen LogP contribution in [-0.4, -0.2) is 29.0 Å². The minimum atomic E-state index is -3.97. The second-order valence-electron chi connectivity index (χ2n) is 3.74. The van der Waals surface area contributed by atoms with Crippen molar-refractivity contribution < 1.29 is 8.42 Å². The fourth-order valence-corrected chi connectivity index (χ4v) is 2.38. The fraction of sp³-hybridized carbons (Fsp3) is 0. The van der Waals surface area contributed by atoms with E-state index in [1.165, 1.54) is 24.4 Å². The summed E-state index contributed by atoms with van der Waals surface area (Å²) < 4.78 is 23.0. The SMILES string of the molecule is N#CC(=CNc1ccc(Cl)cc1S(N)(=O)=O)c1nn[nH]n1. The van der Waals surface area contributed by atoms with E-state index in [9.17, 15) is 8.42 Å². The molecule has 0 saturated carbocycles.